The molecule has 9 heteroatoms. The maximum absolute atomic E-state index is 14.3. The smallest absolute Gasteiger partial charge is 0.322 e. The quantitative estimate of drug-likeness (QED) is 0.424. The largest absolute Gasteiger partial charge is 0.468 e. The lowest BCUT2D eigenvalue weighted by molar-refractivity contribution is -0.210. The normalized spacial score (nSPS) is 49.5. The molecular weight excluding hydrogens is 486 g/mol. The van der Waals surface area contributed by atoms with Gasteiger partial charge in [-0.15, -0.1) is 11.6 Å². The summed E-state index contributed by atoms with van der Waals surface area (Å²) in [6, 6.07) is -0.492. The molecule has 3 aliphatic carbocycles. The van der Waals surface area contributed by atoms with Gasteiger partial charge < -0.3 is 29.4 Å². The minimum atomic E-state index is -1.34. The number of aliphatic hydroxyl groups excluding tert-OH is 1. The Bertz CT molecular complexity index is 837. The molecule has 2 aliphatic heterocycles. The van der Waals surface area contributed by atoms with Gasteiger partial charge in [0, 0.05) is 32.6 Å². The first-order chi connectivity index (χ1) is 17.3. The molecule has 5 fully saturated rings. The topological polar surface area (TPSA) is 103 Å². The van der Waals surface area contributed by atoms with Gasteiger partial charge in [0.25, 0.3) is 0 Å². The van der Waals surface area contributed by atoms with E-state index in [1.165, 1.54) is 13.5 Å². The molecule has 9 unspecified atom stereocenters. The highest BCUT2D eigenvalue weighted by Crippen LogP contribution is 2.56. The molecule has 0 aromatic heterocycles. The third-order valence-electron chi connectivity index (χ3n) is 10.3. The van der Waals surface area contributed by atoms with Crippen molar-refractivity contribution >= 4 is 23.4 Å². The van der Waals surface area contributed by atoms with Gasteiger partial charge in [0.2, 0.25) is 0 Å². The Morgan fingerprint density at radius 1 is 1.08 bits per heavy atom. The number of alkyl halides is 1. The number of carbonyl (C=O) groups excluding carboxylic acids is 2. The number of methoxy groups -OCH3 is 3. The van der Waals surface area contributed by atoms with Crippen molar-refractivity contribution in [3.05, 3.63) is 0 Å². The standard InChI is InChI=1S/C27H42ClNO7/c1-13-10-16-20(15(14-8-6-5-7-9-14)11-17(29-16)26(32)35-4)24(30)27(13)25(31)21-18(33-2)12-19(34-3)22(28)23(21)36-27/h13-24,29-30H,5-12H2,1-4H3/t13-,15?,16?,17?,18?,19?,20?,21?,22?,23?,24+,27+/m1/s1. The third-order valence-corrected chi connectivity index (χ3v) is 10.8. The molecule has 2 N–H and O–H groups in total. The lowest BCUT2D eigenvalue weighted by Gasteiger charge is -2.56. The average Bonchev–Trinajstić information content (AvgIpc) is 3.21. The first kappa shape index (κ1) is 26.8. The first-order valence-corrected chi connectivity index (χ1v) is 14.2. The van der Waals surface area contributed by atoms with Gasteiger partial charge in [0.15, 0.2) is 11.4 Å². The molecule has 5 aliphatic rings. The van der Waals surface area contributed by atoms with E-state index < -0.39 is 35.1 Å². The summed E-state index contributed by atoms with van der Waals surface area (Å²) in [5.41, 5.74) is -1.34. The van der Waals surface area contributed by atoms with Crippen LogP contribution in [0.4, 0.5) is 0 Å². The molecule has 2 heterocycles. The van der Waals surface area contributed by atoms with Gasteiger partial charge in [0.1, 0.15) is 6.04 Å². The van der Waals surface area contributed by atoms with Crippen LogP contribution in [0.2, 0.25) is 0 Å². The zero-order valence-electron chi connectivity index (χ0n) is 21.9. The second kappa shape index (κ2) is 10.4. The van der Waals surface area contributed by atoms with E-state index in [9.17, 15) is 14.7 Å². The molecular formula is C27H42ClNO7. The maximum atomic E-state index is 14.3. The van der Waals surface area contributed by atoms with Gasteiger partial charge in [-0.25, -0.2) is 0 Å². The second-order valence-corrected chi connectivity index (χ2v) is 12.3. The number of esters is 1. The molecule has 0 amide bonds. The van der Waals surface area contributed by atoms with Gasteiger partial charge >= 0.3 is 5.97 Å². The number of ketones is 1. The summed E-state index contributed by atoms with van der Waals surface area (Å²) in [5, 5.41) is 15.2. The van der Waals surface area contributed by atoms with Crippen LogP contribution in [0, 0.1) is 29.6 Å². The van der Waals surface area contributed by atoms with Crippen LogP contribution in [-0.2, 0) is 28.5 Å². The SMILES string of the molecule is COC(=O)C1CC(C2CCCCC2)C2C(C[C@@H](C)[C@]3(OC4C(Cl)C(OC)CC(OC)C4C3=O)[C@H]2O)N1. The summed E-state index contributed by atoms with van der Waals surface area (Å²) < 4.78 is 23.2. The summed E-state index contributed by atoms with van der Waals surface area (Å²) >= 11 is 6.82. The maximum Gasteiger partial charge on any atom is 0.322 e. The lowest BCUT2D eigenvalue weighted by Crippen LogP contribution is -2.70. The fourth-order valence-corrected chi connectivity index (χ4v) is 8.94. The molecule has 12 atom stereocenters. The van der Waals surface area contributed by atoms with Crippen molar-refractivity contribution in [1.82, 2.24) is 5.32 Å². The molecule has 0 radical (unpaired) electrons. The number of ether oxygens (including phenoxy) is 4. The lowest BCUT2D eigenvalue weighted by atomic mass is 9.56. The molecule has 0 aromatic rings. The summed E-state index contributed by atoms with van der Waals surface area (Å²) in [5.74, 6) is -0.817. The Hall–Kier alpha value is -0.770. The fraction of sp³-hybridized carbons (Fsp3) is 0.926. The van der Waals surface area contributed by atoms with Crippen LogP contribution in [0.15, 0.2) is 0 Å². The van der Waals surface area contributed by atoms with Crippen LogP contribution in [0.3, 0.4) is 0 Å². The van der Waals surface area contributed by atoms with E-state index in [1.54, 1.807) is 14.2 Å². The summed E-state index contributed by atoms with van der Waals surface area (Å²) in [7, 11) is 4.64. The Balaban J connectivity index is 1.50. The van der Waals surface area contributed by atoms with Gasteiger partial charge in [-0.3, -0.25) is 9.59 Å². The number of Topliss-reactive ketones (excluding diaryl/α,β-unsaturated/α-hetero) is 1. The molecule has 2 saturated heterocycles. The molecule has 5 rings (SSSR count). The molecule has 0 aromatic carbocycles. The highest BCUT2D eigenvalue weighted by Gasteiger charge is 2.70. The van der Waals surface area contributed by atoms with Crippen LogP contribution in [0.25, 0.3) is 0 Å². The molecule has 36 heavy (non-hydrogen) atoms. The van der Waals surface area contributed by atoms with Crippen molar-refractivity contribution in [2.24, 2.45) is 29.6 Å². The fourth-order valence-electron chi connectivity index (χ4n) is 8.52. The molecule has 204 valence electrons. The molecule has 1 spiro atoms. The van der Waals surface area contributed by atoms with E-state index >= 15 is 0 Å². The van der Waals surface area contributed by atoms with Gasteiger partial charge in [-0.1, -0.05) is 39.0 Å². The Morgan fingerprint density at radius 2 is 1.78 bits per heavy atom. The summed E-state index contributed by atoms with van der Waals surface area (Å²) in [6.45, 7) is 1.98. The minimum absolute atomic E-state index is 0.0875. The minimum Gasteiger partial charge on any atom is -0.468 e. The third kappa shape index (κ3) is 4.06. The van der Waals surface area contributed by atoms with Crippen LogP contribution >= 0.6 is 11.6 Å². The Morgan fingerprint density at radius 3 is 2.42 bits per heavy atom. The van der Waals surface area contributed by atoms with Crippen LogP contribution in [0.5, 0.6) is 0 Å². The van der Waals surface area contributed by atoms with E-state index in [0.29, 0.717) is 25.2 Å². The van der Waals surface area contributed by atoms with E-state index in [4.69, 9.17) is 30.5 Å². The molecule has 3 saturated carbocycles. The van der Waals surface area contributed by atoms with Crippen LogP contribution in [-0.4, -0.2) is 85.7 Å². The van der Waals surface area contributed by atoms with E-state index in [2.05, 4.69) is 5.32 Å². The number of rotatable bonds is 4. The van der Waals surface area contributed by atoms with E-state index in [-0.39, 0.29) is 47.8 Å². The summed E-state index contributed by atoms with van der Waals surface area (Å²) in [4.78, 5) is 26.9. The predicted octanol–water partition coefficient (Wildman–Crippen LogP) is 2.47. The molecule has 0 bridgehead atoms. The number of halogens is 1. The van der Waals surface area contributed by atoms with E-state index in [0.717, 1.165) is 25.7 Å². The summed E-state index contributed by atoms with van der Waals surface area (Å²) in [6.07, 6.45) is 5.21. The zero-order chi connectivity index (χ0) is 25.8. The van der Waals surface area contributed by atoms with Crippen molar-refractivity contribution in [3.63, 3.8) is 0 Å². The van der Waals surface area contributed by atoms with Crippen molar-refractivity contribution in [2.45, 2.75) is 106 Å². The monoisotopic (exact) mass is 527 g/mol. The van der Waals surface area contributed by atoms with Crippen LogP contribution < -0.4 is 5.32 Å². The Kier molecular flexibility index (Phi) is 7.76. The van der Waals surface area contributed by atoms with Crippen molar-refractivity contribution < 1.29 is 33.6 Å². The van der Waals surface area contributed by atoms with Crippen molar-refractivity contribution in [1.29, 1.82) is 0 Å². The number of fused-ring (bicyclic) bond motifs is 2. The number of aliphatic hydroxyl groups is 1. The average molecular weight is 528 g/mol. The number of nitrogens with one attached hydrogen (secondary N) is 1. The predicted molar refractivity (Wildman–Crippen MR) is 133 cm³/mol. The van der Waals surface area contributed by atoms with Gasteiger partial charge in [-0.05, 0) is 30.6 Å². The van der Waals surface area contributed by atoms with Gasteiger partial charge in [-0.2, -0.15) is 0 Å². The van der Waals surface area contributed by atoms with E-state index in [1.807, 2.05) is 6.92 Å². The highest BCUT2D eigenvalue weighted by molar-refractivity contribution is 6.22. The van der Waals surface area contributed by atoms with Gasteiger partial charge in [0.05, 0.1) is 42.8 Å². The number of hydrogen-bond acceptors (Lipinski definition) is 8. The number of carbonyl (C=O) groups is 2. The van der Waals surface area contributed by atoms with Crippen molar-refractivity contribution in [3.8, 4) is 0 Å². The zero-order valence-corrected chi connectivity index (χ0v) is 22.6. The highest BCUT2D eigenvalue weighted by atomic mass is 35.5. The Labute approximate surface area is 219 Å². The number of piperidine rings is 1. The second-order valence-electron chi connectivity index (χ2n) is 11.8. The first-order valence-electron chi connectivity index (χ1n) is 13.7. The van der Waals surface area contributed by atoms with Crippen molar-refractivity contribution in [2.75, 3.05) is 21.3 Å². The van der Waals surface area contributed by atoms with Crippen LogP contribution in [0.1, 0.15) is 58.3 Å². The molecule has 8 nitrogen and oxygen atoms in total. The number of hydrogen-bond donors (Lipinski definition) is 2.